The first-order valence-electron chi connectivity index (χ1n) is 7.75. The third-order valence-corrected chi connectivity index (χ3v) is 3.71. The van der Waals surface area contributed by atoms with Gasteiger partial charge in [-0.1, -0.05) is 68.4 Å². The summed E-state index contributed by atoms with van der Waals surface area (Å²) < 4.78 is 5.33. The maximum atomic E-state index is 11.8. The van der Waals surface area contributed by atoms with Crippen LogP contribution in [0.2, 0.25) is 0 Å². The van der Waals surface area contributed by atoms with E-state index in [0.29, 0.717) is 13.2 Å². The van der Waals surface area contributed by atoms with Crippen LogP contribution < -0.4 is 0 Å². The topological polar surface area (TPSA) is 29.5 Å². The molecular weight excluding hydrogens is 274 g/mol. The molecule has 0 saturated carbocycles. The molecule has 0 radical (unpaired) electrons. The zero-order chi connectivity index (χ0) is 15.8. The molecule has 2 aromatic carbocycles. The molecule has 0 N–H and O–H groups in total. The first-order chi connectivity index (χ1) is 10.7. The minimum absolute atomic E-state index is 0.171. The molecule has 0 atom stereocenters. The number of likely N-dealkylation sites (N-methyl/N-ethyl adjacent to an activating group) is 1. The summed E-state index contributed by atoms with van der Waals surface area (Å²) in [6, 6.07) is 18.4. The fraction of sp³-hybridized carbons (Fsp3) is 0.316. The minimum Gasteiger partial charge on any atom is -0.460 e. The quantitative estimate of drug-likeness (QED) is 0.729. The van der Waals surface area contributed by atoms with Crippen molar-refractivity contribution in [3.05, 3.63) is 60.2 Å². The first kappa shape index (κ1) is 16.2. The van der Waals surface area contributed by atoms with E-state index < -0.39 is 0 Å². The average Bonchev–Trinajstić information content (AvgIpc) is 2.59. The molecule has 0 unspecified atom stereocenters. The van der Waals surface area contributed by atoms with E-state index in [0.717, 1.165) is 18.7 Å². The molecule has 0 aliphatic heterocycles. The van der Waals surface area contributed by atoms with Crippen LogP contribution in [0.4, 0.5) is 0 Å². The normalized spacial score (nSPS) is 10.7. The van der Waals surface area contributed by atoms with Crippen molar-refractivity contribution in [1.82, 2.24) is 4.90 Å². The van der Waals surface area contributed by atoms with Crippen molar-refractivity contribution in [1.29, 1.82) is 0 Å². The zero-order valence-electron chi connectivity index (χ0n) is 13.3. The minimum atomic E-state index is -0.171. The molecule has 0 aromatic heterocycles. The molecule has 0 heterocycles. The summed E-state index contributed by atoms with van der Waals surface area (Å²) in [6.45, 7) is 6.48. The molecule has 0 spiro atoms. The van der Waals surface area contributed by atoms with Gasteiger partial charge in [-0.2, -0.15) is 0 Å². The Kier molecular flexibility index (Phi) is 6.16. The number of esters is 1. The highest BCUT2D eigenvalue weighted by Crippen LogP contribution is 2.19. The van der Waals surface area contributed by atoms with Gasteiger partial charge in [-0.3, -0.25) is 9.69 Å². The fourth-order valence-electron chi connectivity index (χ4n) is 2.26. The van der Waals surface area contributed by atoms with Crippen molar-refractivity contribution in [2.75, 3.05) is 19.6 Å². The first-order valence-corrected chi connectivity index (χ1v) is 7.75. The number of benzene rings is 2. The number of hydrogen-bond donors (Lipinski definition) is 0. The number of rotatable bonds is 7. The van der Waals surface area contributed by atoms with E-state index in [9.17, 15) is 4.79 Å². The highest BCUT2D eigenvalue weighted by atomic mass is 16.5. The average molecular weight is 297 g/mol. The Morgan fingerprint density at radius 2 is 1.50 bits per heavy atom. The number of ether oxygens (including phenoxy) is 1. The third kappa shape index (κ3) is 4.71. The van der Waals surface area contributed by atoms with Crippen LogP contribution in [0.15, 0.2) is 54.6 Å². The Morgan fingerprint density at radius 1 is 0.909 bits per heavy atom. The molecule has 2 aromatic rings. The van der Waals surface area contributed by atoms with E-state index in [1.54, 1.807) is 0 Å². The van der Waals surface area contributed by atoms with Crippen LogP contribution in [0.1, 0.15) is 19.4 Å². The molecule has 0 aliphatic carbocycles. The number of nitrogens with zero attached hydrogens (tertiary/aromatic N) is 1. The predicted octanol–water partition coefficient (Wildman–Crippen LogP) is 3.74. The van der Waals surface area contributed by atoms with E-state index in [1.165, 1.54) is 11.1 Å². The van der Waals surface area contributed by atoms with Crippen LogP contribution in [0.3, 0.4) is 0 Å². The molecule has 0 amide bonds. The van der Waals surface area contributed by atoms with E-state index in [1.807, 2.05) is 49.1 Å². The van der Waals surface area contributed by atoms with E-state index in [-0.39, 0.29) is 5.97 Å². The van der Waals surface area contributed by atoms with Crippen molar-refractivity contribution in [3.63, 3.8) is 0 Å². The summed E-state index contributed by atoms with van der Waals surface area (Å²) in [5, 5.41) is 0. The van der Waals surface area contributed by atoms with Crippen molar-refractivity contribution in [2.24, 2.45) is 0 Å². The lowest BCUT2D eigenvalue weighted by atomic mass is 10.0. The van der Waals surface area contributed by atoms with Gasteiger partial charge in [0.1, 0.15) is 6.61 Å². The Morgan fingerprint density at radius 3 is 2.09 bits per heavy atom. The number of hydrogen-bond acceptors (Lipinski definition) is 3. The standard InChI is InChI=1S/C19H23NO2/c1-3-20(4-2)14-19(21)22-15-16-10-12-18(13-11-16)17-8-6-5-7-9-17/h5-13H,3-4,14-15H2,1-2H3. The number of carbonyl (C=O) groups is 1. The summed E-state index contributed by atoms with van der Waals surface area (Å²) in [6.07, 6.45) is 0. The van der Waals surface area contributed by atoms with Crippen LogP contribution in [0, 0.1) is 0 Å². The van der Waals surface area contributed by atoms with Crippen LogP contribution in [0.25, 0.3) is 11.1 Å². The second-order valence-corrected chi connectivity index (χ2v) is 5.19. The monoisotopic (exact) mass is 297 g/mol. The van der Waals surface area contributed by atoms with Gasteiger partial charge in [-0.15, -0.1) is 0 Å². The second-order valence-electron chi connectivity index (χ2n) is 5.19. The fourth-order valence-corrected chi connectivity index (χ4v) is 2.26. The molecule has 2 rings (SSSR count). The van der Waals surface area contributed by atoms with Crippen LogP contribution in [0.5, 0.6) is 0 Å². The summed E-state index contributed by atoms with van der Waals surface area (Å²) in [4.78, 5) is 13.8. The maximum Gasteiger partial charge on any atom is 0.320 e. The van der Waals surface area contributed by atoms with Gasteiger partial charge in [0.15, 0.2) is 0 Å². The number of carbonyl (C=O) groups excluding carboxylic acids is 1. The predicted molar refractivity (Wildman–Crippen MR) is 89.5 cm³/mol. The third-order valence-electron chi connectivity index (χ3n) is 3.71. The van der Waals surface area contributed by atoms with Crippen LogP contribution in [-0.2, 0) is 16.1 Å². The lowest BCUT2D eigenvalue weighted by molar-refractivity contribution is -0.146. The van der Waals surface area contributed by atoms with Gasteiger partial charge in [0, 0.05) is 0 Å². The van der Waals surface area contributed by atoms with Crippen LogP contribution in [-0.4, -0.2) is 30.5 Å². The Balaban J connectivity index is 1.88. The van der Waals surface area contributed by atoms with Crippen molar-refractivity contribution < 1.29 is 9.53 Å². The Labute approximate surface area is 132 Å². The van der Waals surface area contributed by atoms with Gasteiger partial charge in [0.25, 0.3) is 0 Å². The largest absolute Gasteiger partial charge is 0.460 e. The zero-order valence-corrected chi connectivity index (χ0v) is 13.3. The summed E-state index contributed by atoms with van der Waals surface area (Å²) >= 11 is 0. The molecule has 3 heteroatoms. The van der Waals surface area contributed by atoms with E-state index in [2.05, 4.69) is 24.3 Å². The van der Waals surface area contributed by atoms with E-state index in [4.69, 9.17) is 4.74 Å². The Hall–Kier alpha value is -2.13. The van der Waals surface area contributed by atoms with Gasteiger partial charge >= 0.3 is 5.97 Å². The maximum absolute atomic E-state index is 11.8. The van der Waals surface area contributed by atoms with Crippen molar-refractivity contribution in [3.8, 4) is 11.1 Å². The molecule has 0 fully saturated rings. The van der Waals surface area contributed by atoms with Gasteiger partial charge in [-0.05, 0) is 29.8 Å². The summed E-state index contributed by atoms with van der Waals surface area (Å²) in [7, 11) is 0. The molecule has 116 valence electrons. The summed E-state index contributed by atoms with van der Waals surface area (Å²) in [5.41, 5.74) is 3.36. The van der Waals surface area contributed by atoms with Gasteiger partial charge in [0.2, 0.25) is 0 Å². The van der Waals surface area contributed by atoms with E-state index >= 15 is 0 Å². The molecule has 22 heavy (non-hydrogen) atoms. The molecule has 0 aliphatic rings. The smallest absolute Gasteiger partial charge is 0.320 e. The SMILES string of the molecule is CCN(CC)CC(=O)OCc1ccc(-c2ccccc2)cc1. The van der Waals surface area contributed by atoms with Crippen molar-refractivity contribution >= 4 is 5.97 Å². The molecule has 0 bridgehead atoms. The Bertz CT molecular complexity index is 574. The highest BCUT2D eigenvalue weighted by Gasteiger charge is 2.08. The van der Waals surface area contributed by atoms with Gasteiger partial charge in [-0.25, -0.2) is 0 Å². The second kappa shape index (κ2) is 8.35. The van der Waals surface area contributed by atoms with Gasteiger partial charge in [0.05, 0.1) is 6.54 Å². The van der Waals surface area contributed by atoms with Crippen molar-refractivity contribution in [2.45, 2.75) is 20.5 Å². The molecular formula is C19H23NO2. The molecule has 0 saturated heterocycles. The highest BCUT2D eigenvalue weighted by molar-refractivity contribution is 5.71. The van der Waals surface area contributed by atoms with Crippen LogP contribution >= 0.6 is 0 Å². The molecule has 3 nitrogen and oxygen atoms in total. The summed E-state index contributed by atoms with van der Waals surface area (Å²) in [5.74, 6) is -0.171. The van der Waals surface area contributed by atoms with Gasteiger partial charge < -0.3 is 4.74 Å². The lowest BCUT2D eigenvalue weighted by Crippen LogP contribution is -2.30. The lowest BCUT2D eigenvalue weighted by Gasteiger charge is -2.16.